The van der Waals surface area contributed by atoms with Crippen LogP contribution < -0.4 is 11.5 Å². The summed E-state index contributed by atoms with van der Waals surface area (Å²) in [4.78, 5) is 47.5. The SMILES string of the molecule is CN(CC(=O)OC(=O)CCC(=O)OC(=O)CN(C)C(=N)N)C(=N)N. The fourth-order valence-corrected chi connectivity index (χ4v) is 1.18. The fraction of sp³-hybridized carbons (Fsp3) is 0.500. The van der Waals surface area contributed by atoms with Crippen LogP contribution in [0.4, 0.5) is 0 Å². The van der Waals surface area contributed by atoms with Gasteiger partial charge in [-0.15, -0.1) is 0 Å². The number of hydrogen-bond donors (Lipinski definition) is 4. The minimum Gasteiger partial charge on any atom is -0.392 e. The molecule has 12 nitrogen and oxygen atoms in total. The highest BCUT2D eigenvalue weighted by atomic mass is 16.6. The van der Waals surface area contributed by atoms with Crippen LogP contribution in [0.3, 0.4) is 0 Å². The molecule has 6 N–H and O–H groups in total. The van der Waals surface area contributed by atoms with E-state index in [0.29, 0.717) is 0 Å². The van der Waals surface area contributed by atoms with Gasteiger partial charge in [-0.05, 0) is 0 Å². The van der Waals surface area contributed by atoms with Crippen LogP contribution in [0.2, 0.25) is 0 Å². The minimum absolute atomic E-state index is 0.378. The van der Waals surface area contributed by atoms with Crippen molar-refractivity contribution in [2.75, 3.05) is 27.2 Å². The van der Waals surface area contributed by atoms with Crippen molar-refractivity contribution < 1.29 is 28.7 Å². The normalized spacial score (nSPS) is 9.58. The Hall–Kier alpha value is -3.18. The van der Waals surface area contributed by atoms with Gasteiger partial charge in [-0.2, -0.15) is 0 Å². The molecule has 0 radical (unpaired) electrons. The first-order chi connectivity index (χ1) is 11.0. The number of likely N-dealkylation sites (N-methyl/N-ethyl adjacent to an activating group) is 2. The smallest absolute Gasteiger partial charge is 0.333 e. The van der Waals surface area contributed by atoms with Crippen molar-refractivity contribution in [2.45, 2.75) is 12.8 Å². The largest absolute Gasteiger partial charge is 0.392 e. The molecule has 0 aliphatic rings. The molecule has 0 saturated heterocycles. The summed E-state index contributed by atoms with van der Waals surface area (Å²) in [6, 6.07) is 0. The zero-order valence-electron chi connectivity index (χ0n) is 13.3. The van der Waals surface area contributed by atoms with Gasteiger partial charge in [0.25, 0.3) is 0 Å². The van der Waals surface area contributed by atoms with E-state index in [2.05, 4.69) is 9.47 Å². The molecule has 0 aliphatic carbocycles. The predicted molar refractivity (Wildman–Crippen MR) is 80.5 cm³/mol. The molecule has 0 unspecified atom stereocenters. The highest BCUT2D eigenvalue weighted by molar-refractivity contribution is 5.92. The summed E-state index contributed by atoms with van der Waals surface area (Å²) < 4.78 is 8.81. The van der Waals surface area contributed by atoms with E-state index < -0.39 is 49.8 Å². The third-order valence-corrected chi connectivity index (χ3v) is 2.54. The molecular formula is C12H20N6O6. The number of rotatable bonds is 7. The summed E-state index contributed by atoms with van der Waals surface area (Å²) in [5, 5.41) is 14.1. The third-order valence-electron chi connectivity index (χ3n) is 2.54. The van der Waals surface area contributed by atoms with Gasteiger partial charge in [0.2, 0.25) is 0 Å². The maximum absolute atomic E-state index is 11.4. The Morgan fingerprint density at radius 1 is 0.750 bits per heavy atom. The Balaban J connectivity index is 4.11. The molecule has 0 spiro atoms. The van der Waals surface area contributed by atoms with E-state index in [0.717, 1.165) is 9.80 Å². The third kappa shape index (κ3) is 8.96. The Kier molecular flexibility index (Phi) is 8.47. The molecule has 12 heteroatoms. The number of carbonyl (C=O) groups excluding carboxylic acids is 4. The highest BCUT2D eigenvalue weighted by Crippen LogP contribution is 1.98. The van der Waals surface area contributed by atoms with E-state index in [-0.39, 0.29) is 11.9 Å². The van der Waals surface area contributed by atoms with Gasteiger partial charge in [0, 0.05) is 14.1 Å². The number of ether oxygens (including phenoxy) is 2. The predicted octanol–water partition coefficient (Wildman–Crippen LogP) is -2.44. The summed E-state index contributed by atoms with van der Waals surface area (Å²) in [6.45, 7) is -0.803. The lowest BCUT2D eigenvalue weighted by atomic mass is 10.3. The average Bonchev–Trinajstić information content (AvgIpc) is 2.44. The van der Waals surface area contributed by atoms with Crippen molar-refractivity contribution in [3.05, 3.63) is 0 Å². The van der Waals surface area contributed by atoms with E-state index in [1.165, 1.54) is 14.1 Å². The number of nitrogens with zero attached hydrogens (tertiary/aromatic N) is 2. The molecule has 0 aromatic rings. The Morgan fingerprint density at radius 3 is 1.29 bits per heavy atom. The van der Waals surface area contributed by atoms with Gasteiger partial charge >= 0.3 is 23.9 Å². The van der Waals surface area contributed by atoms with Crippen molar-refractivity contribution >= 4 is 35.8 Å². The molecule has 0 aromatic heterocycles. The highest BCUT2D eigenvalue weighted by Gasteiger charge is 2.18. The molecule has 0 bridgehead atoms. The Bertz CT molecular complexity index is 500. The zero-order chi connectivity index (χ0) is 18.9. The lowest BCUT2D eigenvalue weighted by Gasteiger charge is -2.15. The lowest BCUT2D eigenvalue weighted by molar-refractivity contribution is -0.165. The van der Waals surface area contributed by atoms with Crippen LogP contribution >= 0.6 is 0 Å². The summed E-state index contributed by atoms with van der Waals surface area (Å²) in [5.41, 5.74) is 10.2. The number of carbonyl (C=O) groups is 4. The number of nitrogens with one attached hydrogen (secondary N) is 2. The van der Waals surface area contributed by atoms with Gasteiger partial charge < -0.3 is 30.7 Å². The van der Waals surface area contributed by atoms with E-state index in [4.69, 9.17) is 22.3 Å². The van der Waals surface area contributed by atoms with Crippen molar-refractivity contribution in [1.82, 2.24) is 9.80 Å². The second-order valence-electron chi connectivity index (χ2n) is 4.67. The van der Waals surface area contributed by atoms with Crippen LogP contribution in [0, 0.1) is 10.8 Å². The molecule has 0 saturated carbocycles. The number of nitrogens with two attached hydrogens (primary N) is 2. The molecular weight excluding hydrogens is 324 g/mol. The topological polar surface area (TPSA) is 193 Å². The lowest BCUT2D eigenvalue weighted by Crippen LogP contribution is -2.38. The van der Waals surface area contributed by atoms with E-state index in [1.807, 2.05) is 0 Å². The number of hydrogen-bond acceptors (Lipinski definition) is 8. The fourth-order valence-electron chi connectivity index (χ4n) is 1.18. The molecule has 0 amide bonds. The number of guanidine groups is 2. The molecule has 0 heterocycles. The summed E-state index contributed by atoms with van der Waals surface area (Å²) in [5.74, 6) is -4.60. The average molecular weight is 344 g/mol. The van der Waals surface area contributed by atoms with Crippen molar-refractivity contribution in [3.8, 4) is 0 Å². The minimum atomic E-state index is -0.984. The van der Waals surface area contributed by atoms with E-state index >= 15 is 0 Å². The van der Waals surface area contributed by atoms with E-state index in [1.54, 1.807) is 0 Å². The molecule has 0 rings (SSSR count). The second kappa shape index (κ2) is 9.76. The zero-order valence-corrected chi connectivity index (χ0v) is 13.3. The van der Waals surface area contributed by atoms with Crippen LogP contribution in [0.25, 0.3) is 0 Å². The molecule has 0 aliphatic heterocycles. The van der Waals surface area contributed by atoms with Crippen LogP contribution in [0.1, 0.15) is 12.8 Å². The van der Waals surface area contributed by atoms with Gasteiger partial charge in [-0.25, -0.2) is 9.59 Å². The van der Waals surface area contributed by atoms with Gasteiger partial charge in [-0.3, -0.25) is 20.4 Å². The van der Waals surface area contributed by atoms with Crippen molar-refractivity contribution in [2.24, 2.45) is 11.5 Å². The first-order valence-corrected chi connectivity index (χ1v) is 6.60. The van der Waals surface area contributed by atoms with Crippen LogP contribution in [0.15, 0.2) is 0 Å². The van der Waals surface area contributed by atoms with Crippen LogP contribution in [-0.4, -0.2) is 72.8 Å². The summed E-state index contributed by atoms with van der Waals surface area (Å²) in [7, 11) is 2.71. The molecule has 0 fully saturated rings. The van der Waals surface area contributed by atoms with Crippen LogP contribution in [-0.2, 0) is 28.7 Å². The van der Waals surface area contributed by atoms with Gasteiger partial charge in [0.05, 0.1) is 12.8 Å². The quantitative estimate of drug-likeness (QED) is 0.167. The van der Waals surface area contributed by atoms with Gasteiger partial charge in [0.15, 0.2) is 11.9 Å². The number of esters is 4. The molecule has 0 aromatic carbocycles. The maximum Gasteiger partial charge on any atom is 0.333 e. The standard InChI is InChI=1S/C12H20N6O6/c1-17(11(13)14)5-9(21)23-7(19)3-4-8(20)24-10(22)6-18(2)12(15)16/h3-6H2,1-2H3,(H3,13,14)(H3,15,16). The first kappa shape index (κ1) is 20.8. The van der Waals surface area contributed by atoms with Gasteiger partial charge in [-0.1, -0.05) is 0 Å². The molecule has 24 heavy (non-hydrogen) atoms. The monoisotopic (exact) mass is 344 g/mol. The molecule has 134 valence electrons. The van der Waals surface area contributed by atoms with Crippen LogP contribution in [0.5, 0.6) is 0 Å². The van der Waals surface area contributed by atoms with Gasteiger partial charge in [0.1, 0.15) is 13.1 Å². The second-order valence-corrected chi connectivity index (χ2v) is 4.67. The van der Waals surface area contributed by atoms with E-state index in [9.17, 15) is 19.2 Å². The first-order valence-electron chi connectivity index (χ1n) is 6.60. The molecule has 0 atom stereocenters. The maximum atomic E-state index is 11.4. The van der Waals surface area contributed by atoms with Crippen molar-refractivity contribution in [1.29, 1.82) is 10.8 Å². The Morgan fingerprint density at radius 2 is 1.04 bits per heavy atom. The van der Waals surface area contributed by atoms with Crippen molar-refractivity contribution in [3.63, 3.8) is 0 Å². The Labute approximate surface area is 137 Å². The summed E-state index contributed by atoms with van der Waals surface area (Å²) in [6.07, 6.45) is -0.936. The summed E-state index contributed by atoms with van der Waals surface area (Å²) >= 11 is 0.